The van der Waals surface area contributed by atoms with E-state index in [2.05, 4.69) is 47.7 Å². The molecule has 1 heterocycles. The molecule has 0 amide bonds. The number of nitrogen functional groups attached to an aromatic ring is 1. The van der Waals surface area contributed by atoms with Crippen LogP contribution < -0.4 is 5.73 Å². The largest absolute Gasteiger partial charge is 0.381 e. The smallest absolute Gasteiger partial charge is 0.159 e. The van der Waals surface area contributed by atoms with Crippen molar-refractivity contribution in [2.45, 2.75) is 0 Å². The molecule has 5 heteroatoms. The monoisotopic (exact) mass is 275 g/mol. The predicted molar refractivity (Wildman–Crippen MR) is 49.8 cm³/mol. The van der Waals surface area contributed by atoms with Crippen LogP contribution in [0.15, 0.2) is 9.21 Å². The standard InChI is InChI=1S/C6H3Br2N3/c1-2-3-6(9)11-5(8)4(7)10-3/h1H,(H2,9,11). The van der Waals surface area contributed by atoms with Crippen LogP contribution in [0.5, 0.6) is 0 Å². The van der Waals surface area contributed by atoms with Crippen molar-refractivity contribution in [1.82, 2.24) is 9.97 Å². The Bertz CT molecular complexity index is 329. The fourth-order valence-electron chi connectivity index (χ4n) is 0.513. The van der Waals surface area contributed by atoms with Gasteiger partial charge >= 0.3 is 0 Å². The molecule has 1 aromatic heterocycles. The molecule has 56 valence electrons. The Labute approximate surface area is 80.7 Å². The van der Waals surface area contributed by atoms with Gasteiger partial charge in [0.05, 0.1) is 0 Å². The van der Waals surface area contributed by atoms with Gasteiger partial charge in [0.2, 0.25) is 0 Å². The zero-order chi connectivity index (χ0) is 8.43. The van der Waals surface area contributed by atoms with Crippen molar-refractivity contribution in [2.24, 2.45) is 0 Å². The minimum absolute atomic E-state index is 0.252. The molecule has 0 aliphatic carbocycles. The Morgan fingerprint density at radius 3 is 2.36 bits per heavy atom. The van der Waals surface area contributed by atoms with E-state index in [-0.39, 0.29) is 5.82 Å². The summed E-state index contributed by atoms with van der Waals surface area (Å²) in [5.74, 6) is 2.57. The molecule has 0 atom stereocenters. The SMILES string of the molecule is C#Cc1nc(Br)c(Br)nc1N. The molecule has 0 aliphatic rings. The predicted octanol–water partition coefficient (Wildman–Crippen LogP) is 1.57. The van der Waals surface area contributed by atoms with Crippen LogP contribution in [-0.2, 0) is 0 Å². The molecule has 1 aromatic rings. The van der Waals surface area contributed by atoms with E-state index in [1.165, 1.54) is 0 Å². The first-order chi connectivity index (χ1) is 5.15. The zero-order valence-corrected chi connectivity index (χ0v) is 8.48. The fourth-order valence-corrected chi connectivity index (χ4v) is 1.06. The number of rotatable bonds is 0. The Balaban J connectivity index is 3.35. The van der Waals surface area contributed by atoms with E-state index in [1.54, 1.807) is 0 Å². The van der Waals surface area contributed by atoms with E-state index in [4.69, 9.17) is 12.2 Å². The first-order valence-electron chi connectivity index (χ1n) is 2.60. The van der Waals surface area contributed by atoms with Crippen molar-refractivity contribution in [3.8, 4) is 12.3 Å². The molecule has 2 N–H and O–H groups in total. The highest BCUT2D eigenvalue weighted by atomic mass is 79.9. The Kier molecular flexibility index (Phi) is 2.47. The van der Waals surface area contributed by atoms with Gasteiger partial charge in [0.1, 0.15) is 9.21 Å². The maximum Gasteiger partial charge on any atom is 0.159 e. The molecule has 0 radical (unpaired) electrons. The first kappa shape index (κ1) is 8.50. The molecule has 0 bridgehead atoms. The summed E-state index contributed by atoms with van der Waals surface area (Å²) in [7, 11) is 0. The normalized spacial score (nSPS) is 9.18. The van der Waals surface area contributed by atoms with E-state index >= 15 is 0 Å². The Morgan fingerprint density at radius 2 is 1.82 bits per heavy atom. The highest BCUT2D eigenvalue weighted by Gasteiger charge is 2.04. The van der Waals surface area contributed by atoms with Gasteiger partial charge in [-0.05, 0) is 37.8 Å². The minimum Gasteiger partial charge on any atom is -0.381 e. The summed E-state index contributed by atoms with van der Waals surface area (Å²) in [5.41, 5.74) is 5.78. The maximum absolute atomic E-state index is 5.43. The lowest BCUT2D eigenvalue weighted by molar-refractivity contribution is 1.12. The van der Waals surface area contributed by atoms with Gasteiger partial charge in [-0.2, -0.15) is 0 Å². The summed E-state index contributed by atoms with van der Waals surface area (Å²) in [6, 6.07) is 0. The Hall–Kier alpha value is -0.600. The van der Waals surface area contributed by atoms with Crippen LogP contribution in [0.4, 0.5) is 5.82 Å². The van der Waals surface area contributed by atoms with Crippen LogP contribution >= 0.6 is 31.9 Å². The molecule has 11 heavy (non-hydrogen) atoms. The van der Waals surface area contributed by atoms with Crippen LogP contribution in [0.3, 0.4) is 0 Å². The molecule has 0 fully saturated rings. The van der Waals surface area contributed by atoms with Crippen molar-refractivity contribution in [1.29, 1.82) is 0 Å². The lowest BCUT2D eigenvalue weighted by Crippen LogP contribution is -1.98. The van der Waals surface area contributed by atoms with Gasteiger partial charge in [0, 0.05) is 0 Å². The van der Waals surface area contributed by atoms with E-state index in [0.717, 1.165) is 0 Å². The van der Waals surface area contributed by atoms with E-state index in [1.807, 2.05) is 0 Å². The highest BCUT2D eigenvalue weighted by molar-refractivity contribution is 9.13. The number of hydrogen-bond donors (Lipinski definition) is 1. The minimum atomic E-state index is 0.252. The molecular weight excluding hydrogens is 274 g/mol. The van der Waals surface area contributed by atoms with Crippen molar-refractivity contribution in [3.05, 3.63) is 14.9 Å². The summed E-state index contributed by atoms with van der Waals surface area (Å²) in [6.07, 6.45) is 5.10. The van der Waals surface area contributed by atoms with E-state index in [0.29, 0.717) is 14.9 Å². The molecule has 0 aliphatic heterocycles. The van der Waals surface area contributed by atoms with Gasteiger partial charge in [-0.3, -0.25) is 0 Å². The molecule has 0 aromatic carbocycles. The molecule has 3 nitrogen and oxygen atoms in total. The summed E-state index contributed by atoms with van der Waals surface area (Å²) in [6.45, 7) is 0. The second-order valence-electron chi connectivity index (χ2n) is 1.68. The maximum atomic E-state index is 5.43. The molecule has 0 saturated carbocycles. The second-order valence-corrected chi connectivity index (χ2v) is 3.19. The van der Waals surface area contributed by atoms with Gasteiger partial charge in [-0.15, -0.1) is 6.42 Å². The summed E-state index contributed by atoms with van der Waals surface area (Å²) < 4.78 is 1.11. The van der Waals surface area contributed by atoms with Crippen molar-refractivity contribution < 1.29 is 0 Å². The van der Waals surface area contributed by atoms with Gasteiger partial charge < -0.3 is 5.73 Å². The number of terminal acetylenes is 1. The van der Waals surface area contributed by atoms with Crippen LogP contribution in [0.2, 0.25) is 0 Å². The highest BCUT2D eigenvalue weighted by Crippen LogP contribution is 2.20. The van der Waals surface area contributed by atoms with Crippen LogP contribution in [0.1, 0.15) is 5.69 Å². The number of hydrogen-bond acceptors (Lipinski definition) is 3. The number of anilines is 1. The lowest BCUT2D eigenvalue weighted by atomic mass is 10.4. The van der Waals surface area contributed by atoms with Gasteiger partial charge in [-0.1, -0.05) is 0 Å². The quantitative estimate of drug-likeness (QED) is 0.732. The number of nitrogens with two attached hydrogens (primary N) is 1. The molecule has 0 unspecified atom stereocenters. The third kappa shape index (κ3) is 1.70. The third-order valence-corrected chi connectivity index (χ3v) is 2.62. The third-order valence-electron chi connectivity index (χ3n) is 0.978. The van der Waals surface area contributed by atoms with Crippen LogP contribution in [0, 0.1) is 12.3 Å². The van der Waals surface area contributed by atoms with Crippen molar-refractivity contribution >= 4 is 37.7 Å². The zero-order valence-electron chi connectivity index (χ0n) is 5.31. The average molecular weight is 277 g/mol. The molecule has 0 spiro atoms. The summed E-state index contributed by atoms with van der Waals surface area (Å²) in [5, 5.41) is 0. The summed E-state index contributed by atoms with van der Waals surface area (Å²) >= 11 is 6.29. The lowest BCUT2D eigenvalue weighted by Gasteiger charge is -1.98. The van der Waals surface area contributed by atoms with Gasteiger partial charge in [0.25, 0.3) is 0 Å². The second kappa shape index (κ2) is 3.20. The molecule has 0 saturated heterocycles. The number of aromatic nitrogens is 2. The summed E-state index contributed by atoms with van der Waals surface area (Å²) in [4.78, 5) is 7.82. The van der Waals surface area contributed by atoms with Crippen LogP contribution in [0.25, 0.3) is 0 Å². The Morgan fingerprint density at radius 1 is 1.27 bits per heavy atom. The van der Waals surface area contributed by atoms with Crippen LogP contribution in [-0.4, -0.2) is 9.97 Å². The molecule has 1 rings (SSSR count). The fraction of sp³-hybridized carbons (Fsp3) is 0. The number of halogens is 2. The molecular formula is C6H3Br2N3. The first-order valence-corrected chi connectivity index (χ1v) is 4.19. The average Bonchev–Trinajstić information content (AvgIpc) is 1.97. The van der Waals surface area contributed by atoms with Crippen molar-refractivity contribution in [3.63, 3.8) is 0 Å². The van der Waals surface area contributed by atoms with E-state index in [9.17, 15) is 0 Å². The number of nitrogens with zero attached hydrogens (tertiary/aromatic N) is 2. The van der Waals surface area contributed by atoms with Crippen molar-refractivity contribution in [2.75, 3.05) is 5.73 Å². The van der Waals surface area contributed by atoms with Gasteiger partial charge in [0.15, 0.2) is 11.5 Å². The van der Waals surface area contributed by atoms with Gasteiger partial charge in [-0.25, -0.2) is 9.97 Å². The topological polar surface area (TPSA) is 51.8 Å². The van der Waals surface area contributed by atoms with E-state index < -0.39 is 0 Å².